The average molecular weight is 578 g/mol. The summed E-state index contributed by atoms with van der Waals surface area (Å²) >= 11 is 6.22. The highest BCUT2D eigenvalue weighted by atomic mass is 35.5. The molecule has 41 heavy (non-hydrogen) atoms. The Balaban J connectivity index is 1.39. The van der Waals surface area contributed by atoms with Crippen LogP contribution in [-0.4, -0.2) is 63.5 Å². The first-order valence-electron chi connectivity index (χ1n) is 12.6. The second kappa shape index (κ2) is 11.6. The van der Waals surface area contributed by atoms with E-state index in [0.717, 1.165) is 19.2 Å². The predicted octanol–water partition coefficient (Wildman–Crippen LogP) is 4.67. The Morgan fingerprint density at radius 2 is 1.78 bits per heavy atom. The van der Waals surface area contributed by atoms with Crippen LogP contribution in [0, 0.1) is 23.2 Å². The standard InChI is InChI=1S/C29H23ClF3N7O/c1-38-9-11-39(12-10-38)18-21-6-7-23(16-24(21)29(31,32)33)35-28(41)22-14-19(13-20(15-22)17-34)5-8-27-37-36-26-4-2-3-25(30)40(26)27/h2-4,6-7,13-16H,9-12,18H2,1H3,(H,35,41). The molecule has 4 aromatic rings. The Hall–Kier alpha value is -4.42. The van der Waals surface area contributed by atoms with Gasteiger partial charge in [-0.2, -0.15) is 18.4 Å². The quantitative estimate of drug-likeness (QED) is 0.280. The molecule has 0 atom stereocenters. The predicted molar refractivity (Wildman–Crippen MR) is 147 cm³/mol. The minimum absolute atomic E-state index is 0.0102. The zero-order chi connectivity index (χ0) is 29.1. The van der Waals surface area contributed by atoms with E-state index in [2.05, 4.69) is 32.3 Å². The highest BCUT2D eigenvalue weighted by Crippen LogP contribution is 2.34. The number of nitriles is 1. The Labute approximate surface area is 239 Å². The molecule has 0 radical (unpaired) electrons. The molecule has 1 fully saturated rings. The van der Waals surface area contributed by atoms with Crippen LogP contribution in [-0.2, 0) is 12.7 Å². The maximum absolute atomic E-state index is 14.0. The van der Waals surface area contributed by atoms with E-state index in [-0.39, 0.29) is 34.7 Å². The number of amides is 1. The van der Waals surface area contributed by atoms with E-state index in [0.29, 0.717) is 29.5 Å². The van der Waals surface area contributed by atoms with Crippen molar-refractivity contribution in [2.45, 2.75) is 12.7 Å². The number of likely N-dealkylation sites (N-methyl/N-ethyl adjacent to an activating group) is 1. The number of benzene rings is 2. The van der Waals surface area contributed by atoms with Gasteiger partial charge >= 0.3 is 6.18 Å². The first-order valence-corrected chi connectivity index (χ1v) is 13.0. The number of pyridine rings is 1. The number of fused-ring (bicyclic) bond motifs is 1. The van der Waals surface area contributed by atoms with Crippen molar-refractivity contribution >= 4 is 28.8 Å². The molecule has 5 rings (SSSR count). The molecule has 1 aliphatic rings. The Morgan fingerprint density at radius 3 is 2.51 bits per heavy atom. The highest BCUT2D eigenvalue weighted by molar-refractivity contribution is 6.29. The van der Waals surface area contributed by atoms with E-state index in [1.165, 1.54) is 30.3 Å². The molecule has 0 saturated carbocycles. The van der Waals surface area contributed by atoms with Gasteiger partial charge in [0.25, 0.3) is 5.91 Å². The maximum Gasteiger partial charge on any atom is 0.416 e. The van der Waals surface area contributed by atoms with Crippen molar-refractivity contribution < 1.29 is 18.0 Å². The van der Waals surface area contributed by atoms with E-state index in [1.807, 2.05) is 18.0 Å². The monoisotopic (exact) mass is 577 g/mol. The van der Waals surface area contributed by atoms with E-state index in [9.17, 15) is 23.2 Å². The number of nitrogens with one attached hydrogen (secondary N) is 1. The Morgan fingerprint density at radius 1 is 1.02 bits per heavy atom. The van der Waals surface area contributed by atoms with Crippen LogP contribution in [0.2, 0.25) is 5.15 Å². The van der Waals surface area contributed by atoms with Crippen LogP contribution in [0.1, 0.15) is 38.4 Å². The molecule has 1 N–H and O–H groups in total. The van der Waals surface area contributed by atoms with Crippen molar-refractivity contribution in [3.63, 3.8) is 0 Å². The van der Waals surface area contributed by atoms with E-state index in [1.54, 1.807) is 22.6 Å². The molecule has 8 nitrogen and oxygen atoms in total. The van der Waals surface area contributed by atoms with Crippen molar-refractivity contribution in [2.75, 3.05) is 38.5 Å². The number of nitrogens with zero attached hydrogens (tertiary/aromatic N) is 6. The normalized spacial score (nSPS) is 14.3. The van der Waals surface area contributed by atoms with Crippen molar-refractivity contribution in [3.05, 3.63) is 93.4 Å². The zero-order valence-corrected chi connectivity index (χ0v) is 22.6. The summed E-state index contributed by atoms with van der Waals surface area (Å²) in [7, 11) is 1.98. The molecule has 3 heterocycles. The molecule has 2 aromatic carbocycles. The van der Waals surface area contributed by atoms with Crippen LogP contribution in [0.4, 0.5) is 18.9 Å². The molecule has 12 heteroatoms. The molecule has 0 spiro atoms. The van der Waals surface area contributed by atoms with Crippen molar-refractivity contribution in [1.82, 2.24) is 24.4 Å². The largest absolute Gasteiger partial charge is 0.416 e. The van der Waals surface area contributed by atoms with Crippen LogP contribution in [0.25, 0.3) is 5.65 Å². The lowest BCUT2D eigenvalue weighted by molar-refractivity contribution is -0.138. The van der Waals surface area contributed by atoms with Crippen molar-refractivity contribution in [3.8, 4) is 17.9 Å². The minimum Gasteiger partial charge on any atom is -0.322 e. The highest BCUT2D eigenvalue weighted by Gasteiger charge is 2.34. The summed E-state index contributed by atoms with van der Waals surface area (Å²) in [6.07, 6.45) is -4.60. The number of hydrogen-bond donors (Lipinski definition) is 1. The summed E-state index contributed by atoms with van der Waals surface area (Å²) in [5, 5.41) is 20.4. The second-order valence-electron chi connectivity index (χ2n) is 9.63. The minimum atomic E-state index is -4.60. The van der Waals surface area contributed by atoms with Gasteiger partial charge in [-0.1, -0.05) is 29.7 Å². The number of alkyl halides is 3. The van der Waals surface area contributed by atoms with Crippen molar-refractivity contribution in [1.29, 1.82) is 5.26 Å². The SMILES string of the molecule is CN1CCN(Cc2ccc(NC(=O)c3cc(C#N)cc(C#Cc4nnc5cccc(Cl)n45)c3)cc2C(F)(F)F)CC1. The first-order chi connectivity index (χ1) is 19.6. The molecule has 0 bridgehead atoms. The zero-order valence-electron chi connectivity index (χ0n) is 21.8. The number of carbonyl (C=O) groups excluding carboxylic acids is 1. The number of halogens is 4. The fourth-order valence-electron chi connectivity index (χ4n) is 4.51. The molecule has 2 aromatic heterocycles. The number of carbonyl (C=O) groups is 1. The second-order valence-corrected chi connectivity index (χ2v) is 10.0. The lowest BCUT2D eigenvalue weighted by atomic mass is 10.0. The Kier molecular flexibility index (Phi) is 7.95. The van der Waals surface area contributed by atoms with E-state index >= 15 is 0 Å². The molecule has 1 aliphatic heterocycles. The van der Waals surface area contributed by atoms with E-state index < -0.39 is 17.6 Å². The van der Waals surface area contributed by atoms with Gasteiger partial charge in [-0.25, -0.2) is 0 Å². The average Bonchev–Trinajstić information content (AvgIpc) is 3.37. The van der Waals surface area contributed by atoms with Gasteiger partial charge in [-0.05, 0) is 61.0 Å². The van der Waals surface area contributed by atoms with Crippen LogP contribution in [0.3, 0.4) is 0 Å². The van der Waals surface area contributed by atoms with Gasteiger partial charge in [0.1, 0.15) is 5.15 Å². The van der Waals surface area contributed by atoms with Crippen LogP contribution in [0.15, 0.2) is 54.6 Å². The topological polar surface area (TPSA) is 89.6 Å². The fourth-order valence-corrected chi connectivity index (χ4v) is 4.75. The third kappa shape index (κ3) is 6.50. The maximum atomic E-state index is 14.0. The smallest absolute Gasteiger partial charge is 0.322 e. The van der Waals surface area contributed by atoms with Crippen molar-refractivity contribution in [2.24, 2.45) is 0 Å². The van der Waals surface area contributed by atoms with Gasteiger partial charge in [0, 0.05) is 49.5 Å². The molecule has 0 aliphatic carbocycles. The summed E-state index contributed by atoms with van der Waals surface area (Å²) in [4.78, 5) is 17.2. The van der Waals surface area contributed by atoms with Crippen LogP contribution >= 0.6 is 11.6 Å². The molecule has 1 saturated heterocycles. The summed E-state index contributed by atoms with van der Waals surface area (Å²) in [6.45, 7) is 3.08. The van der Waals surface area contributed by atoms with Gasteiger partial charge in [-0.15, -0.1) is 10.2 Å². The van der Waals surface area contributed by atoms with Gasteiger partial charge in [0.05, 0.1) is 17.2 Å². The number of hydrogen-bond acceptors (Lipinski definition) is 6. The summed E-state index contributed by atoms with van der Waals surface area (Å²) < 4.78 is 43.5. The number of piperazine rings is 1. The van der Waals surface area contributed by atoms with Gasteiger partial charge in [0.15, 0.2) is 5.65 Å². The molecule has 0 unspecified atom stereocenters. The molecular formula is C29H23ClF3N7O. The summed E-state index contributed by atoms with van der Waals surface area (Å²) in [5.74, 6) is 5.28. The van der Waals surface area contributed by atoms with Crippen LogP contribution < -0.4 is 5.32 Å². The number of rotatable bonds is 4. The molecular weight excluding hydrogens is 555 g/mol. The third-order valence-corrected chi connectivity index (χ3v) is 6.98. The van der Waals surface area contributed by atoms with E-state index in [4.69, 9.17) is 11.6 Å². The fraction of sp³-hybridized carbons (Fsp3) is 0.241. The van der Waals surface area contributed by atoms with Gasteiger partial charge in [-0.3, -0.25) is 14.1 Å². The number of aromatic nitrogens is 3. The molecule has 1 amide bonds. The molecule has 208 valence electrons. The Bertz CT molecular complexity index is 1720. The lowest BCUT2D eigenvalue weighted by Crippen LogP contribution is -2.44. The summed E-state index contributed by atoms with van der Waals surface area (Å²) in [6, 6.07) is 15.1. The first kappa shape index (κ1) is 28.1. The third-order valence-electron chi connectivity index (χ3n) is 6.69. The van der Waals surface area contributed by atoms with Gasteiger partial charge in [0.2, 0.25) is 5.82 Å². The summed E-state index contributed by atoms with van der Waals surface area (Å²) in [5.41, 5.74) is 0.383. The lowest BCUT2D eigenvalue weighted by Gasteiger charge is -2.33. The number of anilines is 1. The van der Waals surface area contributed by atoms with Crippen LogP contribution in [0.5, 0.6) is 0 Å². The van der Waals surface area contributed by atoms with Gasteiger partial charge < -0.3 is 10.2 Å².